The predicted octanol–water partition coefficient (Wildman–Crippen LogP) is 0.0705. The fourth-order valence-electron chi connectivity index (χ4n) is 1.49. The minimum absolute atomic E-state index is 0.0562. The molecule has 0 aromatic carbocycles. The van der Waals surface area contributed by atoms with E-state index in [0.29, 0.717) is 19.7 Å². The Hall–Kier alpha value is -0.650. The molecule has 0 unspecified atom stereocenters. The van der Waals surface area contributed by atoms with Crippen LogP contribution in [0.3, 0.4) is 0 Å². The van der Waals surface area contributed by atoms with Gasteiger partial charge < -0.3 is 20.3 Å². The SMILES string of the molecule is CCN(CC)CCNCC(=O)NCCCOC. The third kappa shape index (κ3) is 10.2. The molecule has 0 heterocycles. The zero-order valence-corrected chi connectivity index (χ0v) is 11.4. The quantitative estimate of drug-likeness (QED) is 0.506. The summed E-state index contributed by atoms with van der Waals surface area (Å²) in [6.07, 6.45) is 0.863. The molecule has 0 rings (SSSR count). The first kappa shape index (κ1) is 16.4. The maximum Gasteiger partial charge on any atom is 0.233 e. The van der Waals surface area contributed by atoms with Crippen LogP contribution in [-0.4, -0.2) is 63.8 Å². The Morgan fingerprint density at radius 3 is 2.53 bits per heavy atom. The van der Waals surface area contributed by atoms with Crippen molar-refractivity contribution < 1.29 is 9.53 Å². The van der Waals surface area contributed by atoms with Crippen LogP contribution in [0.2, 0.25) is 0 Å². The van der Waals surface area contributed by atoms with Gasteiger partial charge in [0.25, 0.3) is 0 Å². The second kappa shape index (κ2) is 11.8. The summed E-state index contributed by atoms with van der Waals surface area (Å²) in [6.45, 7) is 10.0. The van der Waals surface area contributed by atoms with E-state index in [1.165, 1.54) is 0 Å². The molecular formula is C12H27N3O2. The molecule has 5 nitrogen and oxygen atoms in total. The molecule has 0 spiro atoms. The van der Waals surface area contributed by atoms with Gasteiger partial charge in [0, 0.05) is 33.4 Å². The summed E-state index contributed by atoms with van der Waals surface area (Å²) in [6, 6.07) is 0. The first-order valence-electron chi connectivity index (χ1n) is 6.43. The number of ether oxygens (including phenoxy) is 1. The lowest BCUT2D eigenvalue weighted by Crippen LogP contribution is -2.38. The Bertz CT molecular complexity index is 185. The normalized spacial score (nSPS) is 10.8. The number of rotatable bonds is 11. The van der Waals surface area contributed by atoms with E-state index in [9.17, 15) is 4.79 Å². The highest BCUT2D eigenvalue weighted by atomic mass is 16.5. The van der Waals surface area contributed by atoms with Crippen molar-refractivity contribution in [2.45, 2.75) is 20.3 Å². The van der Waals surface area contributed by atoms with Crippen molar-refractivity contribution >= 4 is 5.91 Å². The van der Waals surface area contributed by atoms with Crippen molar-refractivity contribution in [3.63, 3.8) is 0 Å². The van der Waals surface area contributed by atoms with Gasteiger partial charge in [0.05, 0.1) is 6.54 Å². The molecule has 17 heavy (non-hydrogen) atoms. The molecule has 102 valence electrons. The Labute approximate surface area is 105 Å². The summed E-state index contributed by atoms with van der Waals surface area (Å²) >= 11 is 0. The van der Waals surface area contributed by atoms with Crippen LogP contribution < -0.4 is 10.6 Å². The highest BCUT2D eigenvalue weighted by Gasteiger charge is 2.01. The third-order valence-corrected chi connectivity index (χ3v) is 2.63. The molecule has 0 aromatic rings. The van der Waals surface area contributed by atoms with Crippen LogP contribution in [0.25, 0.3) is 0 Å². The number of nitrogens with zero attached hydrogens (tertiary/aromatic N) is 1. The van der Waals surface area contributed by atoms with Crippen LogP contribution in [0.15, 0.2) is 0 Å². The van der Waals surface area contributed by atoms with Crippen LogP contribution in [0.1, 0.15) is 20.3 Å². The Balaban J connectivity index is 3.32. The largest absolute Gasteiger partial charge is 0.385 e. The fourth-order valence-corrected chi connectivity index (χ4v) is 1.49. The fraction of sp³-hybridized carbons (Fsp3) is 0.917. The molecule has 0 atom stereocenters. The van der Waals surface area contributed by atoms with E-state index in [4.69, 9.17) is 4.74 Å². The van der Waals surface area contributed by atoms with Crippen molar-refractivity contribution in [3.05, 3.63) is 0 Å². The lowest BCUT2D eigenvalue weighted by molar-refractivity contribution is -0.120. The number of likely N-dealkylation sites (N-methyl/N-ethyl adjacent to an activating group) is 1. The van der Waals surface area contributed by atoms with Gasteiger partial charge in [-0.05, 0) is 19.5 Å². The van der Waals surface area contributed by atoms with Gasteiger partial charge in [-0.3, -0.25) is 4.79 Å². The van der Waals surface area contributed by atoms with E-state index >= 15 is 0 Å². The van der Waals surface area contributed by atoms with Crippen molar-refractivity contribution in [2.24, 2.45) is 0 Å². The molecule has 0 aliphatic heterocycles. The van der Waals surface area contributed by atoms with Gasteiger partial charge >= 0.3 is 0 Å². The summed E-state index contributed by atoms with van der Waals surface area (Å²) in [5.74, 6) is 0.0562. The number of hydrogen-bond acceptors (Lipinski definition) is 4. The minimum atomic E-state index is 0.0562. The highest BCUT2D eigenvalue weighted by molar-refractivity contribution is 5.77. The summed E-state index contributed by atoms with van der Waals surface area (Å²) in [4.78, 5) is 13.7. The molecule has 0 aliphatic rings. The van der Waals surface area contributed by atoms with E-state index in [1.54, 1.807) is 7.11 Å². The molecule has 2 N–H and O–H groups in total. The number of carbonyl (C=O) groups excluding carboxylic acids is 1. The molecule has 0 fully saturated rings. The van der Waals surface area contributed by atoms with Crippen LogP contribution in [-0.2, 0) is 9.53 Å². The number of amides is 1. The minimum Gasteiger partial charge on any atom is -0.385 e. The maximum absolute atomic E-state index is 11.4. The van der Waals surface area contributed by atoms with Crippen molar-refractivity contribution in [2.75, 3.05) is 53.0 Å². The molecule has 0 saturated heterocycles. The van der Waals surface area contributed by atoms with E-state index in [2.05, 4.69) is 29.4 Å². The summed E-state index contributed by atoms with van der Waals surface area (Å²) < 4.78 is 4.90. The van der Waals surface area contributed by atoms with Gasteiger partial charge in [0.1, 0.15) is 0 Å². The van der Waals surface area contributed by atoms with Gasteiger partial charge in [-0.25, -0.2) is 0 Å². The summed E-state index contributed by atoms with van der Waals surface area (Å²) in [5, 5.41) is 5.98. The van der Waals surface area contributed by atoms with Crippen molar-refractivity contribution in [1.82, 2.24) is 15.5 Å². The lowest BCUT2D eigenvalue weighted by atomic mass is 10.4. The van der Waals surface area contributed by atoms with Crippen LogP contribution in [0.5, 0.6) is 0 Å². The molecular weight excluding hydrogens is 218 g/mol. The van der Waals surface area contributed by atoms with E-state index in [1.807, 2.05) is 0 Å². The molecule has 0 saturated carbocycles. The van der Waals surface area contributed by atoms with Gasteiger partial charge in [0.15, 0.2) is 0 Å². The molecule has 5 heteroatoms. The number of carbonyl (C=O) groups is 1. The third-order valence-electron chi connectivity index (χ3n) is 2.63. The van der Waals surface area contributed by atoms with Gasteiger partial charge in [0.2, 0.25) is 5.91 Å². The first-order valence-corrected chi connectivity index (χ1v) is 6.43. The molecule has 0 radical (unpaired) electrons. The second-order valence-corrected chi connectivity index (χ2v) is 3.90. The average Bonchev–Trinajstić information content (AvgIpc) is 2.35. The maximum atomic E-state index is 11.4. The number of nitrogens with one attached hydrogen (secondary N) is 2. The van der Waals surface area contributed by atoms with Crippen LogP contribution in [0.4, 0.5) is 0 Å². The molecule has 1 amide bonds. The smallest absolute Gasteiger partial charge is 0.233 e. The van der Waals surface area contributed by atoms with Gasteiger partial charge in [-0.15, -0.1) is 0 Å². The number of hydrogen-bond donors (Lipinski definition) is 2. The Kier molecular flexibility index (Phi) is 11.4. The average molecular weight is 245 g/mol. The topological polar surface area (TPSA) is 53.6 Å². The van der Waals surface area contributed by atoms with Crippen LogP contribution in [0, 0.1) is 0 Å². The zero-order chi connectivity index (χ0) is 12.9. The molecule has 0 aliphatic carbocycles. The Morgan fingerprint density at radius 2 is 1.94 bits per heavy atom. The number of methoxy groups -OCH3 is 1. The van der Waals surface area contributed by atoms with Crippen molar-refractivity contribution in [1.29, 1.82) is 0 Å². The van der Waals surface area contributed by atoms with Crippen molar-refractivity contribution in [3.8, 4) is 0 Å². The summed E-state index contributed by atoms with van der Waals surface area (Å²) in [7, 11) is 1.66. The molecule has 0 aromatic heterocycles. The van der Waals surface area contributed by atoms with Gasteiger partial charge in [-0.2, -0.15) is 0 Å². The standard InChI is InChI=1S/C12H27N3O2/c1-4-15(5-2)9-8-13-11-12(16)14-7-6-10-17-3/h13H,4-11H2,1-3H3,(H,14,16). The van der Waals surface area contributed by atoms with E-state index in [0.717, 1.165) is 32.6 Å². The Morgan fingerprint density at radius 1 is 1.24 bits per heavy atom. The lowest BCUT2D eigenvalue weighted by Gasteiger charge is -2.17. The first-order chi connectivity index (χ1) is 8.24. The summed E-state index contributed by atoms with van der Waals surface area (Å²) in [5.41, 5.74) is 0. The highest BCUT2D eigenvalue weighted by Crippen LogP contribution is 1.83. The zero-order valence-electron chi connectivity index (χ0n) is 11.4. The van der Waals surface area contributed by atoms with E-state index in [-0.39, 0.29) is 5.91 Å². The molecule has 0 bridgehead atoms. The van der Waals surface area contributed by atoms with Gasteiger partial charge in [-0.1, -0.05) is 13.8 Å². The monoisotopic (exact) mass is 245 g/mol. The van der Waals surface area contributed by atoms with E-state index < -0.39 is 0 Å². The second-order valence-electron chi connectivity index (χ2n) is 3.90. The van der Waals surface area contributed by atoms with Crippen LogP contribution >= 0.6 is 0 Å². The predicted molar refractivity (Wildman–Crippen MR) is 70.2 cm³/mol.